The lowest BCUT2D eigenvalue weighted by atomic mass is 10.1. The second kappa shape index (κ2) is 8.49. The minimum atomic E-state index is -0.255. The number of hydrogen-bond acceptors (Lipinski definition) is 3. The monoisotopic (exact) mass is 252 g/mol. The summed E-state index contributed by atoms with van der Waals surface area (Å²) in [5.41, 5.74) is 0.997. The fourth-order valence-corrected chi connectivity index (χ4v) is 1.56. The predicted octanol–water partition coefficient (Wildman–Crippen LogP) is 1.06. The van der Waals surface area contributed by atoms with Gasteiger partial charge in [-0.3, -0.25) is 0 Å². The Morgan fingerprint density at radius 2 is 2.11 bits per heavy atom. The average molecular weight is 252 g/mol. The largest absolute Gasteiger partial charge is 0.396 e. The molecule has 1 atom stereocenters. The van der Waals surface area contributed by atoms with Gasteiger partial charge in [-0.15, -0.1) is 0 Å². The maximum atomic E-state index is 11.6. The molecular weight excluding hydrogens is 232 g/mol. The zero-order valence-corrected chi connectivity index (χ0v) is 10.6. The molecule has 0 radical (unpaired) electrons. The van der Waals surface area contributed by atoms with E-state index in [9.17, 15) is 4.79 Å². The average Bonchev–Trinajstić information content (AvgIpc) is 2.39. The van der Waals surface area contributed by atoms with Crippen molar-refractivity contribution in [2.75, 3.05) is 26.9 Å². The van der Waals surface area contributed by atoms with Crippen LogP contribution in [0.1, 0.15) is 18.0 Å². The zero-order valence-electron chi connectivity index (χ0n) is 10.6. The Kier molecular flexibility index (Phi) is 6.83. The number of carbonyl (C=O) groups excluding carboxylic acids is 1. The van der Waals surface area contributed by atoms with Crippen LogP contribution in [0.2, 0.25) is 0 Å². The van der Waals surface area contributed by atoms with Crippen LogP contribution in [-0.2, 0) is 4.74 Å². The maximum Gasteiger partial charge on any atom is 0.315 e. The molecule has 0 spiro atoms. The van der Waals surface area contributed by atoms with Gasteiger partial charge in [-0.2, -0.15) is 0 Å². The third kappa shape index (κ3) is 5.16. The summed E-state index contributed by atoms with van der Waals surface area (Å²) in [5.74, 6) is 0. The number of nitrogens with one attached hydrogen (secondary N) is 2. The van der Waals surface area contributed by atoms with Gasteiger partial charge in [0.05, 0.1) is 12.6 Å². The van der Waals surface area contributed by atoms with E-state index in [0.29, 0.717) is 19.6 Å². The summed E-state index contributed by atoms with van der Waals surface area (Å²) in [6.07, 6.45) is 0.549. The number of aliphatic hydroxyl groups excluding tert-OH is 1. The van der Waals surface area contributed by atoms with E-state index in [1.54, 1.807) is 7.11 Å². The summed E-state index contributed by atoms with van der Waals surface area (Å²) >= 11 is 0. The van der Waals surface area contributed by atoms with E-state index in [-0.39, 0.29) is 18.7 Å². The second-order valence-corrected chi connectivity index (χ2v) is 3.90. The van der Waals surface area contributed by atoms with Crippen molar-refractivity contribution in [3.05, 3.63) is 35.9 Å². The molecule has 0 saturated heterocycles. The lowest BCUT2D eigenvalue weighted by Gasteiger charge is -2.18. The van der Waals surface area contributed by atoms with Crippen molar-refractivity contribution in [3.8, 4) is 0 Å². The Bertz CT molecular complexity index is 343. The predicted molar refractivity (Wildman–Crippen MR) is 69.3 cm³/mol. The Balaban J connectivity index is 2.50. The normalized spacial score (nSPS) is 11.9. The van der Waals surface area contributed by atoms with Crippen molar-refractivity contribution >= 4 is 6.03 Å². The summed E-state index contributed by atoms with van der Waals surface area (Å²) in [6, 6.07) is 9.22. The first-order chi connectivity index (χ1) is 8.77. The summed E-state index contributed by atoms with van der Waals surface area (Å²) in [4.78, 5) is 11.6. The topological polar surface area (TPSA) is 70.6 Å². The van der Waals surface area contributed by atoms with Crippen LogP contribution >= 0.6 is 0 Å². The smallest absolute Gasteiger partial charge is 0.315 e. The number of benzene rings is 1. The summed E-state index contributed by atoms with van der Waals surface area (Å²) < 4.78 is 5.10. The van der Waals surface area contributed by atoms with E-state index in [2.05, 4.69) is 10.6 Å². The Hall–Kier alpha value is -1.59. The highest BCUT2D eigenvalue weighted by molar-refractivity contribution is 5.74. The molecule has 3 N–H and O–H groups in total. The van der Waals surface area contributed by atoms with Crippen LogP contribution in [0.15, 0.2) is 30.3 Å². The van der Waals surface area contributed by atoms with Gasteiger partial charge in [0.1, 0.15) is 0 Å². The molecule has 1 unspecified atom stereocenters. The molecule has 5 heteroatoms. The van der Waals surface area contributed by atoms with Gasteiger partial charge in [0.15, 0.2) is 0 Å². The van der Waals surface area contributed by atoms with Gasteiger partial charge in [0.25, 0.3) is 0 Å². The maximum absolute atomic E-state index is 11.6. The van der Waals surface area contributed by atoms with Gasteiger partial charge >= 0.3 is 6.03 Å². The molecule has 0 aliphatic rings. The van der Waals surface area contributed by atoms with E-state index in [0.717, 1.165) is 5.56 Å². The summed E-state index contributed by atoms with van der Waals surface area (Å²) in [5, 5.41) is 14.1. The number of aliphatic hydroxyl groups is 1. The molecule has 0 fully saturated rings. The van der Waals surface area contributed by atoms with Crippen molar-refractivity contribution in [1.82, 2.24) is 10.6 Å². The molecule has 0 aromatic heterocycles. The number of ether oxygens (including phenoxy) is 1. The van der Waals surface area contributed by atoms with E-state index in [1.807, 2.05) is 30.3 Å². The van der Waals surface area contributed by atoms with Gasteiger partial charge in [0.2, 0.25) is 0 Å². The fraction of sp³-hybridized carbons (Fsp3) is 0.462. The van der Waals surface area contributed by atoms with E-state index in [1.165, 1.54) is 0 Å². The number of methoxy groups -OCH3 is 1. The van der Waals surface area contributed by atoms with Crippen molar-refractivity contribution in [1.29, 1.82) is 0 Å². The summed E-state index contributed by atoms with van der Waals surface area (Å²) in [6.45, 7) is 0.939. The van der Waals surface area contributed by atoms with Crippen LogP contribution in [0.5, 0.6) is 0 Å². The molecule has 1 aromatic carbocycles. The number of amides is 2. The van der Waals surface area contributed by atoms with Crippen molar-refractivity contribution in [2.24, 2.45) is 0 Å². The Morgan fingerprint density at radius 1 is 1.39 bits per heavy atom. The molecule has 0 bridgehead atoms. The van der Waals surface area contributed by atoms with Crippen molar-refractivity contribution < 1.29 is 14.6 Å². The highest BCUT2D eigenvalue weighted by atomic mass is 16.5. The second-order valence-electron chi connectivity index (χ2n) is 3.90. The molecule has 0 saturated carbocycles. The van der Waals surface area contributed by atoms with Gasteiger partial charge < -0.3 is 20.5 Å². The lowest BCUT2D eigenvalue weighted by Crippen LogP contribution is -2.40. The van der Waals surface area contributed by atoms with Gasteiger partial charge in [0, 0.05) is 20.3 Å². The van der Waals surface area contributed by atoms with Crippen molar-refractivity contribution in [3.63, 3.8) is 0 Å². The lowest BCUT2D eigenvalue weighted by molar-refractivity contribution is 0.165. The molecule has 5 nitrogen and oxygen atoms in total. The molecule has 0 aliphatic heterocycles. The van der Waals surface area contributed by atoms with Crippen LogP contribution in [0, 0.1) is 0 Å². The Labute approximate surface area is 107 Å². The third-order valence-corrected chi connectivity index (χ3v) is 2.46. The van der Waals surface area contributed by atoms with Crippen LogP contribution in [0.3, 0.4) is 0 Å². The van der Waals surface area contributed by atoms with E-state index >= 15 is 0 Å². The third-order valence-electron chi connectivity index (χ3n) is 2.46. The first kappa shape index (κ1) is 14.5. The number of carbonyl (C=O) groups is 1. The first-order valence-corrected chi connectivity index (χ1v) is 5.97. The number of urea groups is 1. The molecule has 100 valence electrons. The fourth-order valence-electron chi connectivity index (χ4n) is 1.56. The van der Waals surface area contributed by atoms with Crippen molar-refractivity contribution in [2.45, 2.75) is 12.5 Å². The highest BCUT2D eigenvalue weighted by Gasteiger charge is 2.13. The van der Waals surface area contributed by atoms with Gasteiger partial charge in [-0.05, 0) is 12.0 Å². The summed E-state index contributed by atoms with van der Waals surface area (Å²) in [7, 11) is 1.60. The van der Waals surface area contributed by atoms with E-state index in [4.69, 9.17) is 9.84 Å². The van der Waals surface area contributed by atoms with E-state index < -0.39 is 0 Å². The zero-order chi connectivity index (χ0) is 13.2. The molecule has 1 aromatic rings. The molecule has 0 aliphatic carbocycles. The van der Waals surface area contributed by atoms with Crippen LogP contribution in [0.4, 0.5) is 4.79 Å². The molecule has 0 heterocycles. The highest BCUT2D eigenvalue weighted by Crippen LogP contribution is 2.12. The number of rotatable bonds is 7. The minimum absolute atomic E-state index is 0.0699. The molecule has 2 amide bonds. The van der Waals surface area contributed by atoms with Gasteiger partial charge in [-0.25, -0.2) is 4.79 Å². The first-order valence-electron chi connectivity index (χ1n) is 5.97. The molecule has 1 rings (SSSR count). The van der Waals surface area contributed by atoms with Crippen LogP contribution in [-0.4, -0.2) is 38.0 Å². The Morgan fingerprint density at radius 3 is 2.72 bits per heavy atom. The molecular formula is C13H20N2O3. The van der Waals surface area contributed by atoms with Gasteiger partial charge in [-0.1, -0.05) is 30.3 Å². The SMILES string of the molecule is COCC(NC(=O)NCCCO)c1ccccc1. The standard InChI is InChI=1S/C13H20N2O3/c1-18-10-12(11-6-3-2-4-7-11)15-13(17)14-8-5-9-16/h2-4,6-7,12,16H,5,8-10H2,1H3,(H2,14,15,17). The number of hydrogen-bond donors (Lipinski definition) is 3. The quantitative estimate of drug-likeness (QED) is 0.635. The van der Waals surface area contributed by atoms with Crippen LogP contribution < -0.4 is 10.6 Å². The van der Waals surface area contributed by atoms with Crippen LogP contribution in [0.25, 0.3) is 0 Å². The minimum Gasteiger partial charge on any atom is -0.396 e. The molecule has 18 heavy (non-hydrogen) atoms.